The maximum absolute atomic E-state index is 9.86. The lowest BCUT2D eigenvalue weighted by Gasteiger charge is -2.35. The van der Waals surface area contributed by atoms with Crippen molar-refractivity contribution < 1.29 is 28.8 Å². The lowest BCUT2D eigenvalue weighted by atomic mass is 9.79. The van der Waals surface area contributed by atoms with E-state index in [1.807, 2.05) is 36.4 Å². The molecule has 0 saturated heterocycles. The molecule has 5 saturated carbocycles. The minimum Gasteiger partial charge on any atom is -0.508 e. The minimum absolute atomic E-state index is 0.330. The second-order valence-corrected chi connectivity index (χ2v) is 40.4. The van der Waals surface area contributed by atoms with Gasteiger partial charge in [0.1, 0.15) is 34.5 Å². The normalized spacial score (nSPS) is 21.3. The van der Waals surface area contributed by atoms with Gasteiger partial charge in [-0.25, -0.2) is 0 Å². The van der Waals surface area contributed by atoms with Crippen LogP contribution in [0.1, 0.15) is 235 Å². The van der Waals surface area contributed by atoms with Gasteiger partial charge in [-0.05, 0) is 405 Å². The fourth-order valence-corrected chi connectivity index (χ4v) is 20.3. The van der Waals surface area contributed by atoms with Crippen molar-refractivity contribution in [3.8, 4) is 34.5 Å². The van der Waals surface area contributed by atoms with E-state index in [4.69, 9.17) is 29.4 Å². The Labute approximate surface area is 791 Å². The molecule has 5 unspecified atom stereocenters. The number of aromatic hydroxyl groups is 1. The predicted octanol–water partition coefficient (Wildman–Crippen LogP) is 27.3. The van der Waals surface area contributed by atoms with E-state index in [0.717, 1.165) is 142 Å². The summed E-state index contributed by atoms with van der Waals surface area (Å²) >= 11 is 0. The smallest absolute Gasteiger partial charge is 0.120 e. The third-order valence-corrected chi connectivity index (χ3v) is 28.3. The Balaban J connectivity index is 0.000000158. The number of nitrogens with two attached hydrogens (primary N) is 1. The van der Waals surface area contributed by atoms with Crippen LogP contribution in [0, 0.1) is 115 Å². The van der Waals surface area contributed by atoms with Crippen LogP contribution in [0.4, 0.5) is 5.69 Å². The highest BCUT2D eigenvalue weighted by atomic mass is 16.5. The number of ether oxygens (including phenoxy) is 5. The van der Waals surface area contributed by atoms with E-state index in [2.05, 4.69) is 323 Å². The summed E-state index contributed by atoms with van der Waals surface area (Å²) in [6.45, 7) is 38.8. The van der Waals surface area contributed by atoms with Crippen molar-refractivity contribution in [1.29, 1.82) is 0 Å². The predicted molar refractivity (Wildman–Crippen MR) is 549 cm³/mol. The lowest BCUT2D eigenvalue weighted by molar-refractivity contribution is 0.0913. The summed E-state index contributed by atoms with van der Waals surface area (Å²) < 4.78 is 31.4. The Kier molecular flexibility index (Phi) is 42.6. The second kappa shape index (κ2) is 54.7. The first-order valence-corrected chi connectivity index (χ1v) is 50.4. The van der Waals surface area contributed by atoms with Gasteiger partial charge in [-0.1, -0.05) is 215 Å². The summed E-state index contributed by atoms with van der Waals surface area (Å²) in [5.41, 5.74) is 23.3. The van der Waals surface area contributed by atoms with Crippen LogP contribution in [0.3, 0.4) is 0 Å². The van der Waals surface area contributed by atoms with Crippen LogP contribution in [0.15, 0.2) is 243 Å². The van der Waals surface area contributed by atoms with E-state index in [9.17, 15) is 5.11 Å². The Morgan fingerprint density at radius 3 is 0.885 bits per heavy atom. The van der Waals surface area contributed by atoms with Crippen LogP contribution in [0.2, 0.25) is 0 Å². The molecule has 7 N–H and O–H groups in total. The van der Waals surface area contributed by atoms with Gasteiger partial charge in [0.2, 0.25) is 0 Å². The summed E-state index contributed by atoms with van der Waals surface area (Å²) in [6, 6.07) is 84.4. The third kappa shape index (κ3) is 37.2. The molecule has 706 valence electrons. The quantitative estimate of drug-likeness (QED) is 0.0211. The van der Waals surface area contributed by atoms with Gasteiger partial charge in [0.25, 0.3) is 0 Å². The first kappa shape index (κ1) is 102. The van der Waals surface area contributed by atoms with Crippen LogP contribution in [-0.4, -0.2) is 80.3 Å². The van der Waals surface area contributed by atoms with Gasteiger partial charge < -0.3 is 60.7 Å². The number of para-hydroxylation sites is 1. The van der Waals surface area contributed by atoms with Crippen molar-refractivity contribution in [1.82, 2.24) is 26.2 Å². The Hall–Kier alpha value is -9.40. The van der Waals surface area contributed by atoms with E-state index < -0.39 is 0 Å². The van der Waals surface area contributed by atoms with E-state index >= 15 is 0 Å². The number of anilines is 1. The fraction of sp³-hybridized carbons (Fsp3) is 0.496. The number of hydrogen-bond acceptors (Lipinski definition) is 12. The van der Waals surface area contributed by atoms with E-state index in [-0.39, 0.29) is 0 Å². The average molecular weight is 1770 g/mol. The molecular formula is C119H164N6O6. The first-order valence-electron chi connectivity index (χ1n) is 50.4. The number of phenols is 1. The van der Waals surface area contributed by atoms with Crippen LogP contribution < -0.4 is 50.7 Å². The molecule has 5 aliphatic rings. The van der Waals surface area contributed by atoms with Gasteiger partial charge in [0.05, 0.1) is 30.5 Å². The molecule has 0 amide bonds. The number of nitrogens with zero attached hydrogens (tertiary/aromatic N) is 1. The lowest BCUT2D eigenvalue weighted by Crippen LogP contribution is -2.33. The molecule has 15 rings (SSSR count). The van der Waals surface area contributed by atoms with Gasteiger partial charge in [-0.3, -0.25) is 0 Å². The maximum Gasteiger partial charge on any atom is 0.120 e. The molecule has 5 fully saturated rings. The highest BCUT2D eigenvalue weighted by molar-refractivity contribution is 5.41. The fourth-order valence-electron chi connectivity index (χ4n) is 20.3. The molecule has 0 aromatic heterocycles. The molecule has 12 heteroatoms. The minimum atomic E-state index is 0.330. The molecule has 12 nitrogen and oxygen atoms in total. The van der Waals surface area contributed by atoms with Gasteiger partial charge in [-0.15, -0.1) is 0 Å². The first-order chi connectivity index (χ1) is 63.4. The molecule has 131 heavy (non-hydrogen) atoms. The molecule has 5 aliphatic carbocycles. The number of phenolic OH excluding ortho intramolecular Hbond substituents is 1. The number of aryl methyl sites for hydroxylation is 8. The van der Waals surface area contributed by atoms with Gasteiger partial charge in [-0.2, -0.15) is 0 Å². The van der Waals surface area contributed by atoms with Crippen molar-refractivity contribution >= 4 is 5.69 Å². The van der Waals surface area contributed by atoms with Gasteiger partial charge in [0.15, 0.2) is 0 Å². The Morgan fingerprint density at radius 2 is 0.580 bits per heavy atom. The van der Waals surface area contributed by atoms with Gasteiger partial charge >= 0.3 is 0 Å². The van der Waals surface area contributed by atoms with Crippen molar-refractivity contribution in [2.45, 2.75) is 282 Å². The van der Waals surface area contributed by atoms with Crippen molar-refractivity contribution in [2.24, 2.45) is 59.2 Å². The molecule has 10 aromatic rings. The number of nitrogen functional groups attached to an aromatic ring is 1. The zero-order chi connectivity index (χ0) is 92.6. The van der Waals surface area contributed by atoms with Crippen molar-refractivity contribution in [3.05, 3.63) is 315 Å². The molecule has 0 aliphatic heterocycles. The second-order valence-electron chi connectivity index (χ2n) is 40.4. The summed E-state index contributed by atoms with van der Waals surface area (Å²) in [6.07, 6.45) is 26.5. The molecule has 0 heterocycles. The van der Waals surface area contributed by atoms with Crippen LogP contribution in [-0.2, 0) is 32.7 Å². The monoisotopic (exact) mass is 1770 g/mol. The average Bonchev–Trinajstić information content (AvgIpc) is 0.866. The molecule has 0 spiro atoms. The van der Waals surface area contributed by atoms with E-state index in [1.165, 1.54) is 176 Å². The Morgan fingerprint density at radius 1 is 0.298 bits per heavy atom. The highest BCUT2D eigenvalue weighted by Crippen LogP contribution is 2.39. The van der Waals surface area contributed by atoms with Crippen molar-refractivity contribution in [2.75, 3.05) is 45.5 Å². The summed E-state index contributed by atoms with van der Waals surface area (Å²) in [4.78, 5) is 2.47. The van der Waals surface area contributed by atoms with Crippen LogP contribution in [0.5, 0.6) is 34.5 Å². The number of nitrogens with one attached hydrogen (secondary N) is 4. The summed E-state index contributed by atoms with van der Waals surface area (Å²) in [5, 5.41) is 24.3. The molecule has 15 atom stereocenters. The topological polar surface area (TPSA) is 144 Å². The SMILES string of the molecule is Cc1ccc(CN(C)CC(C)[C@H]2CCC[C@@H](Oc3cccc(C)c3)C2)cc1.Cc1ccc(CNCC(C)[C@H]2CCC[C@@H](Oc3cccc(C)c3)C2)cc1.Cc1ccc(CNCC(C)[C@H]2CCC[C@@H](Oc3cccc(C)c3)C2)cc1.Cc1cccc(O[C@@H]2CCC[C@H](C(C)CNCc3cccc(N)c3)C2)c1.Cc1cccc(O[C@@H]2CCC[C@H](C(C)CNCc3ccccc3O)C2)c1. The molecule has 10 aromatic carbocycles. The molecule has 0 radical (unpaired) electrons. The number of benzene rings is 10. The standard InChI is InChI=1S/C25H35NO.2C24H33NO.C23H32N2O.C23H31NO2/c1-19-11-13-22(14-12-19)18-26(4)17-21(3)23-8-6-10-25(16-23)27-24-9-5-7-20(2)15-24;2*1-18-10-12-21(13-11-18)17-25-16-20(3)22-7-5-9-24(15-22)26-23-8-4-6-19(2)14-23;1-17-6-3-10-22(12-17)26-23-11-5-8-20(14-23)18(2)15-25-16-19-7-4-9-21(24)13-19;1-17-7-5-10-21(13-17)26-22-11-6-9-19(14-22)18(2)15-24-16-20-8-3-4-12-23(20)25/h5,7,9,11-15,21,23,25H,6,8,10,16-18H2,1-4H3;2*4,6,8,10-14,20,22,24-25H,5,7,9,15-17H2,1-3H3;3-4,6-7,9-10,12-13,18,20,23,25H,5,8,11,14-16,24H2,1-2H3;3-5,7-8,10,12-13,18-19,22,24-25H,6,9,11,14-16H2,1-2H3/t21?,23-,25+;2*20?,22-,24+;18?,20-,23+;18?,19-,22+/m00000/s1. The largest absolute Gasteiger partial charge is 0.508 e. The zero-order valence-corrected chi connectivity index (χ0v) is 82.5. The van der Waals surface area contributed by atoms with Gasteiger partial charge in [0, 0.05) is 50.5 Å². The van der Waals surface area contributed by atoms with Crippen LogP contribution in [0.25, 0.3) is 0 Å². The molecular weight excluding hydrogens is 1610 g/mol. The third-order valence-electron chi connectivity index (χ3n) is 28.3. The maximum atomic E-state index is 9.86. The number of hydrogen-bond donors (Lipinski definition) is 6. The van der Waals surface area contributed by atoms with E-state index in [0.29, 0.717) is 78.3 Å². The van der Waals surface area contributed by atoms with E-state index in [1.54, 1.807) is 6.07 Å². The number of rotatable bonds is 35. The summed E-state index contributed by atoms with van der Waals surface area (Å²) in [5.74, 6) is 12.5. The van der Waals surface area contributed by atoms with Crippen LogP contribution >= 0.6 is 0 Å². The van der Waals surface area contributed by atoms with Crippen molar-refractivity contribution in [3.63, 3.8) is 0 Å². The zero-order valence-electron chi connectivity index (χ0n) is 82.5. The highest BCUT2D eigenvalue weighted by Gasteiger charge is 2.33. The summed E-state index contributed by atoms with van der Waals surface area (Å²) in [7, 11) is 2.25. The molecule has 0 bridgehead atoms. The Bertz CT molecular complexity index is 4760.